The molecule has 0 saturated carbocycles. The average molecular weight is 967 g/mol. The summed E-state index contributed by atoms with van der Waals surface area (Å²) in [5, 5.41) is 11.5. The van der Waals surface area contributed by atoms with Crippen LogP contribution in [0.15, 0.2) is 174 Å². The van der Waals surface area contributed by atoms with Crippen molar-refractivity contribution in [2.75, 3.05) is 0 Å². The zero-order valence-corrected chi connectivity index (χ0v) is 36.7. The fourth-order valence-electron chi connectivity index (χ4n) is 7.94. The van der Waals surface area contributed by atoms with E-state index in [0.717, 1.165) is 50.1 Å². The van der Waals surface area contributed by atoms with Crippen LogP contribution in [0.3, 0.4) is 0 Å². The summed E-state index contributed by atoms with van der Waals surface area (Å²) in [5.41, 5.74) is 15.2. The third-order valence-corrected chi connectivity index (χ3v) is 11.0. The zero-order valence-electron chi connectivity index (χ0n) is 34.4. The molecule has 0 aliphatic rings. The Bertz CT molecular complexity index is 3080. The van der Waals surface area contributed by atoms with Crippen molar-refractivity contribution in [3.63, 3.8) is 0 Å². The number of para-hydroxylation sites is 2. The maximum absolute atomic E-state index is 9.53. The number of fused-ring (bicyclic) bond motifs is 4. The normalized spacial score (nSPS) is 11.1. The summed E-state index contributed by atoms with van der Waals surface area (Å²) in [6.07, 6.45) is 1.79. The smallest absolute Gasteiger partial charge is 0.122 e. The van der Waals surface area contributed by atoms with Gasteiger partial charge in [0.15, 0.2) is 0 Å². The van der Waals surface area contributed by atoms with Gasteiger partial charge < -0.3 is 14.0 Å². The number of pyridine rings is 1. The number of aromatic nitrogens is 3. The predicted molar refractivity (Wildman–Crippen MR) is 245 cm³/mol. The minimum atomic E-state index is 0. The van der Waals surface area contributed by atoms with Gasteiger partial charge in [0.2, 0.25) is 0 Å². The van der Waals surface area contributed by atoms with E-state index < -0.39 is 0 Å². The third kappa shape index (κ3) is 8.07. The van der Waals surface area contributed by atoms with E-state index in [1.807, 2.05) is 72.8 Å². The number of hydrogen-bond acceptors (Lipinski definition) is 4. The first kappa shape index (κ1) is 40.9. The zero-order chi connectivity index (χ0) is 41.2. The van der Waals surface area contributed by atoms with Crippen LogP contribution in [0.5, 0.6) is 0 Å². The van der Waals surface area contributed by atoms with Crippen molar-refractivity contribution in [1.82, 2.24) is 14.5 Å². The maximum Gasteiger partial charge on any atom is 0.122 e. The van der Waals surface area contributed by atoms with Crippen LogP contribution in [-0.4, -0.2) is 14.5 Å². The number of imidazole rings is 1. The summed E-state index contributed by atoms with van der Waals surface area (Å²) in [4.78, 5) is 9.47. The third-order valence-electron chi connectivity index (χ3n) is 11.0. The number of nitrogens with zero attached hydrogens (tertiary/aromatic N) is 4. The second-order valence-corrected chi connectivity index (χ2v) is 15.5. The second-order valence-electron chi connectivity index (χ2n) is 15.5. The number of nitriles is 1. The van der Waals surface area contributed by atoms with E-state index in [2.05, 4.69) is 140 Å². The van der Waals surface area contributed by atoms with Crippen LogP contribution < -0.4 is 0 Å². The van der Waals surface area contributed by atoms with Crippen molar-refractivity contribution in [3.8, 4) is 56.7 Å². The van der Waals surface area contributed by atoms with E-state index in [1.165, 1.54) is 33.4 Å². The molecule has 0 unspecified atom stereocenters. The van der Waals surface area contributed by atoms with Gasteiger partial charge in [0.05, 0.1) is 34.1 Å². The minimum absolute atomic E-state index is 0. The maximum atomic E-state index is 9.53. The Morgan fingerprint density at radius 3 is 1.97 bits per heavy atom. The second kappa shape index (κ2) is 17.8. The number of hydrogen-bond donors (Lipinski definition) is 0. The van der Waals surface area contributed by atoms with Crippen LogP contribution in [0.1, 0.15) is 56.2 Å². The van der Waals surface area contributed by atoms with Crippen molar-refractivity contribution in [2.45, 2.75) is 39.5 Å². The van der Waals surface area contributed by atoms with Crippen molar-refractivity contribution in [3.05, 3.63) is 199 Å². The van der Waals surface area contributed by atoms with Crippen LogP contribution in [0.4, 0.5) is 0 Å². The molecule has 5 nitrogen and oxygen atoms in total. The molecule has 3 aromatic heterocycles. The van der Waals surface area contributed by atoms with E-state index in [0.29, 0.717) is 16.7 Å². The molecule has 0 aliphatic heterocycles. The molecule has 0 saturated heterocycles. The summed E-state index contributed by atoms with van der Waals surface area (Å²) in [7, 11) is 0. The van der Waals surface area contributed by atoms with Crippen LogP contribution in [0, 0.1) is 23.5 Å². The molecule has 3 heterocycles. The summed E-state index contributed by atoms with van der Waals surface area (Å²) in [6, 6.07) is 64.6. The van der Waals surface area contributed by atoms with Crippen LogP contribution in [-0.2, 0) is 20.1 Å². The number of rotatable bonds is 7. The summed E-state index contributed by atoms with van der Waals surface area (Å²) in [6.45, 7) is 9.07. The molecule has 61 heavy (non-hydrogen) atoms. The molecule has 0 atom stereocenters. The molecular formula is C55H42IrN4O-2. The molecule has 299 valence electrons. The topological polar surface area (TPSA) is 67.6 Å². The van der Waals surface area contributed by atoms with Gasteiger partial charge in [-0.25, -0.2) is 0 Å². The van der Waals surface area contributed by atoms with Gasteiger partial charge in [-0.2, -0.15) is 5.26 Å². The Morgan fingerprint density at radius 2 is 1.30 bits per heavy atom. The molecule has 0 spiro atoms. The Morgan fingerprint density at radius 1 is 0.623 bits per heavy atom. The molecule has 0 aliphatic carbocycles. The van der Waals surface area contributed by atoms with Crippen molar-refractivity contribution in [1.29, 1.82) is 5.26 Å². The molecule has 10 rings (SSSR count). The monoisotopic (exact) mass is 967 g/mol. The predicted octanol–water partition coefficient (Wildman–Crippen LogP) is 14.4. The summed E-state index contributed by atoms with van der Waals surface area (Å²) < 4.78 is 8.83. The number of furan rings is 1. The molecule has 0 amide bonds. The number of benzene rings is 7. The molecule has 0 N–H and O–H groups in total. The molecule has 6 heteroatoms. The van der Waals surface area contributed by atoms with Crippen LogP contribution in [0.25, 0.3) is 83.6 Å². The molecule has 10 aromatic rings. The first-order valence-electron chi connectivity index (χ1n) is 20.3. The fraction of sp³-hybridized carbons (Fsp3) is 0.109. The van der Waals surface area contributed by atoms with Crippen LogP contribution in [0.2, 0.25) is 0 Å². The van der Waals surface area contributed by atoms with Gasteiger partial charge in [0.25, 0.3) is 0 Å². The molecule has 0 bridgehead atoms. The van der Waals surface area contributed by atoms with E-state index in [4.69, 9.17) is 9.40 Å². The first-order valence-corrected chi connectivity index (χ1v) is 20.3. The van der Waals surface area contributed by atoms with Crippen molar-refractivity contribution < 1.29 is 24.5 Å². The minimum Gasteiger partial charge on any atom is -0.500 e. The molecule has 7 aromatic carbocycles. The quantitative estimate of drug-likeness (QED) is 0.149. The van der Waals surface area contributed by atoms with Gasteiger partial charge in [0, 0.05) is 37.4 Å². The van der Waals surface area contributed by atoms with E-state index in [9.17, 15) is 5.26 Å². The Balaban J connectivity index is 0.000000340. The van der Waals surface area contributed by atoms with E-state index in [1.54, 1.807) is 12.3 Å². The largest absolute Gasteiger partial charge is 0.500 e. The standard InChI is InChI=1S/C44H34N3O.C11H8N.Ir/c1-27(2)37-24-33(32-20-18-31(19-21-32)30-11-6-5-7-12-30)25-38(28(3)4)42(37)47-40-16-9-8-15-39(40)46-44(47)36-14-10-13-35-34-22-17-29(26-45)23-41(34)48-43(35)36;1-2-6-10(7-3-1)11-8-4-5-9-12-11;/h5-13,15-25,27-28H,1-4H3;1-6,8-9H;/q2*-1;. The van der Waals surface area contributed by atoms with Gasteiger partial charge in [-0.05, 0) is 93.4 Å². The Hall–Kier alpha value is -6.90. The van der Waals surface area contributed by atoms with Crippen molar-refractivity contribution in [2.24, 2.45) is 0 Å². The molecule has 1 radical (unpaired) electrons. The SMILES string of the molecule is CC(C)c1cc(-c2ccc(-c3ccccc3)cc2)cc(C(C)C)c1-n1c(-c2[c-]ccc3c2oc2cc(C#N)ccc23)nc2ccccc21.[Ir].[c-]1ccccc1-c1ccccn1. The fourth-order valence-corrected chi connectivity index (χ4v) is 7.94. The molecule has 0 fully saturated rings. The van der Waals surface area contributed by atoms with Gasteiger partial charge in [-0.1, -0.05) is 124 Å². The Kier molecular flexibility index (Phi) is 11.9. The summed E-state index contributed by atoms with van der Waals surface area (Å²) in [5.74, 6) is 1.26. The van der Waals surface area contributed by atoms with Crippen LogP contribution >= 0.6 is 0 Å². The summed E-state index contributed by atoms with van der Waals surface area (Å²) >= 11 is 0. The van der Waals surface area contributed by atoms with E-state index in [-0.39, 0.29) is 31.9 Å². The molecular weight excluding hydrogens is 925 g/mol. The first-order chi connectivity index (χ1) is 29.4. The average Bonchev–Trinajstić information content (AvgIpc) is 3.88. The van der Waals surface area contributed by atoms with Gasteiger partial charge >= 0.3 is 0 Å². The van der Waals surface area contributed by atoms with Crippen molar-refractivity contribution >= 4 is 33.0 Å². The van der Waals surface area contributed by atoms with E-state index >= 15 is 0 Å². The van der Waals surface area contributed by atoms with Gasteiger partial charge in [-0.3, -0.25) is 4.98 Å². The Labute approximate surface area is 370 Å². The van der Waals surface area contributed by atoms with Gasteiger partial charge in [-0.15, -0.1) is 54.1 Å². The van der Waals surface area contributed by atoms with Gasteiger partial charge in [0.1, 0.15) is 5.58 Å².